The number of anilines is 2. The number of alkyl halides is 3. The molecule has 1 atom stereocenters. The third-order valence-electron chi connectivity index (χ3n) is 3.98. The highest BCUT2D eigenvalue weighted by Crippen LogP contribution is 2.32. The van der Waals surface area contributed by atoms with Crippen LogP contribution in [0.5, 0.6) is 0 Å². The Bertz CT molecular complexity index is 1060. The summed E-state index contributed by atoms with van der Waals surface area (Å²) in [6.07, 6.45) is -2.07. The molecule has 0 aliphatic carbocycles. The molecule has 1 aromatic heterocycles. The van der Waals surface area contributed by atoms with Crippen LogP contribution in [0.1, 0.15) is 21.6 Å². The van der Waals surface area contributed by atoms with Gasteiger partial charge in [-0.2, -0.15) is 30.9 Å². The second-order valence-corrected chi connectivity index (χ2v) is 8.05. The number of hydrogen-bond acceptors (Lipinski definition) is 7. The first-order valence-corrected chi connectivity index (χ1v) is 9.62. The van der Waals surface area contributed by atoms with Gasteiger partial charge in [-0.3, -0.25) is 9.79 Å². The van der Waals surface area contributed by atoms with Gasteiger partial charge in [-0.05, 0) is 24.6 Å². The Morgan fingerprint density at radius 2 is 2.03 bits per heavy atom. The fourth-order valence-electron chi connectivity index (χ4n) is 2.25. The van der Waals surface area contributed by atoms with E-state index in [2.05, 4.69) is 15.3 Å². The van der Waals surface area contributed by atoms with Gasteiger partial charge in [0.2, 0.25) is 0 Å². The molecule has 156 valence electrons. The smallest absolute Gasteiger partial charge is 0.416 e. The van der Waals surface area contributed by atoms with Crippen molar-refractivity contribution >= 4 is 34.0 Å². The van der Waals surface area contributed by atoms with Crippen molar-refractivity contribution in [1.82, 2.24) is 14.0 Å². The number of carbonyl (C=O) groups excluding carboxylic acids is 1. The Labute approximate surface area is 163 Å². The van der Waals surface area contributed by atoms with Crippen molar-refractivity contribution in [2.75, 3.05) is 18.9 Å². The molecule has 3 rings (SSSR count). The molecule has 0 saturated heterocycles. The third-order valence-corrected chi connectivity index (χ3v) is 5.39. The lowest BCUT2D eigenvalue weighted by Gasteiger charge is -2.15. The third kappa shape index (κ3) is 5.12. The van der Waals surface area contributed by atoms with E-state index in [4.69, 9.17) is 4.42 Å². The summed E-state index contributed by atoms with van der Waals surface area (Å²) in [5, 5.41) is 2.55. The van der Waals surface area contributed by atoms with E-state index in [-0.39, 0.29) is 30.0 Å². The second-order valence-electron chi connectivity index (χ2n) is 6.27. The molecule has 1 aromatic carbocycles. The van der Waals surface area contributed by atoms with Crippen molar-refractivity contribution in [3.05, 3.63) is 41.3 Å². The number of nitrogens with zero attached hydrogens (tertiary/aromatic N) is 3. The van der Waals surface area contributed by atoms with E-state index in [9.17, 15) is 26.4 Å². The number of oxazole rings is 1. The predicted molar refractivity (Wildman–Crippen MR) is 97.3 cm³/mol. The molecule has 9 nitrogen and oxygen atoms in total. The number of likely N-dealkylation sites (N-methyl/N-ethyl adjacent to an activating group) is 1. The van der Waals surface area contributed by atoms with Crippen molar-refractivity contribution in [2.45, 2.75) is 19.1 Å². The van der Waals surface area contributed by atoms with Crippen LogP contribution < -0.4 is 10.0 Å². The Hall–Kier alpha value is -2.93. The minimum Gasteiger partial charge on any atom is -0.431 e. The molecule has 0 bridgehead atoms. The number of rotatable bonds is 7. The lowest BCUT2D eigenvalue weighted by Crippen LogP contribution is -2.43. The van der Waals surface area contributed by atoms with E-state index >= 15 is 0 Å². The molecule has 1 unspecified atom stereocenters. The van der Waals surface area contributed by atoms with Gasteiger partial charge in [0.25, 0.3) is 11.9 Å². The largest absolute Gasteiger partial charge is 0.431 e. The maximum absolute atomic E-state index is 12.9. The summed E-state index contributed by atoms with van der Waals surface area (Å²) in [5.74, 6) is -1.05. The van der Waals surface area contributed by atoms with Gasteiger partial charge in [-0.25, -0.2) is 4.72 Å². The van der Waals surface area contributed by atoms with Crippen molar-refractivity contribution < 1.29 is 30.8 Å². The zero-order valence-corrected chi connectivity index (χ0v) is 16.0. The first-order valence-electron chi connectivity index (χ1n) is 8.18. The Kier molecular flexibility index (Phi) is 5.36. The number of hydrogen-bond donors (Lipinski definition) is 2. The van der Waals surface area contributed by atoms with Crippen molar-refractivity contribution in [3.63, 3.8) is 0 Å². The number of amides is 1. The van der Waals surface area contributed by atoms with Gasteiger partial charge in [0, 0.05) is 25.5 Å². The van der Waals surface area contributed by atoms with E-state index in [1.807, 2.05) is 4.72 Å². The summed E-state index contributed by atoms with van der Waals surface area (Å²) in [6.45, 7) is 1.66. The van der Waals surface area contributed by atoms with Crippen molar-refractivity contribution in [1.29, 1.82) is 0 Å². The Morgan fingerprint density at radius 1 is 1.34 bits per heavy atom. The van der Waals surface area contributed by atoms with Gasteiger partial charge in [-0.1, -0.05) is 6.07 Å². The number of aryl methyl sites for hydroxylation is 1. The molecule has 2 N–H and O–H groups in total. The van der Waals surface area contributed by atoms with Crippen LogP contribution in [0.4, 0.5) is 24.9 Å². The quantitative estimate of drug-likeness (QED) is 0.694. The first-order chi connectivity index (χ1) is 13.5. The summed E-state index contributed by atoms with van der Waals surface area (Å²) in [4.78, 5) is 19.7. The summed E-state index contributed by atoms with van der Waals surface area (Å²) >= 11 is 0. The first kappa shape index (κ1) is 20.8. The molecular formula is C16H16F3N5O4S. The minimum absolute atomic E-state index is 0.0745. The van der Waals surface area contributed by atoms with E-state index in [0.29, 0.717) is 5.56 Å². The van der Waals surface area contributed by atoms with Crippen LogP contribution in [0.15, 0.2) is 33.9 Å². The summed E-state index contributed by atoms with van der Waals surface area (Å²) in [5.41, 5.74) is -0.681. The molecule has 1 amide bonds. The minimum atomic E-state index is -4.53. The van der Waals surface area contributed by atoms with E-state index in [1.165, 1.54) is 13.1 Å². The number of carbonyl (C=O) groups is 1. The van der Waals surface area contributed by atoms with Crippen LogP contribution in [0.3, 0.4) is 0 Å². The molecule has 0 spiro atoms. The van der Waals surface area contributed by atoms with Crippen LogP contribution in [-0.4, -0.2) is 49.5 Å². The summed E-state index contributed by atoms with van der Waals surface area (Å²) in [7, 11) is -2.83. The monoisotopic (exact) mass is 431 g/mol. The molecule has 2 heterocycles. The van der Waals surface area contributed by atoms with Crippen LogP contribution >= 0.6 is 0 Å². The van der Waals surface area contributed by atoms with Crippen LogP contribution in [0.2, 0.25) is 0 Å². The van der Waals surface area contributed by atoms with E-state index < -0.39 is 27.9 Å². The van der Waals surface area contributed by atoms with Gasteiger partial charge in [0.15, 0.2) is 5.69 Å². The van der Waals surface area contributed by atoms with Gasteiger partial charge in [0.1, 0.15) is 6.26 Å². The second kappa shape index (κ2) is 7.48. The fourth-order valence-corrected chi connectivity index (χ4v) is 3.09. The molecule has 1 aliphatic heterocycles. The van der Waals surface area contributed by atoms with Gasteiger partial charge >= 0.3 is 16.4 Å². The summed E-state index contributed by atoms with van der Waals surface area (Å²) < 4.78 is 70.6. The highest BCUT2D eigenvalue weighted by molar-refractivity contribution is 7.87. The molecule has 0 radical (unpaired) electrons. The Balaban J connectivity index is 1.70. The molecule has 0 fully saturated rings. The fraction of sp³-hybridized carbons (Fsp3) is 0.312. The van der Waals surface area contributed by atoms with Crippen LogP contribution in [0, 0.1) is 6.92 Å². The maximum Gasteiger partial charge on any atom is 0.416 e. The predicted octanol–water partition coefficient (Wildman–Crippen LogP) is 2.10. The zero-order chi connectivity index (χ0) is 21.4. The average molecular weight is 431 g/mol. The molecule has 29 heavy (non-hydrogen) atoms. The molecule has 1 aliphatic rings. The topological polar surface area (TPSA) is 117 Å². The molecule has 13 heteroatoms. The maximum atomic E-state index is 12.9. The highest BCUT2D eigenvalue weighted by Gasteiger charge is 2.31. The number of nitrogens with one attached hydrogen (secondary N) is 2. The van der Waals surface area contributed by atoms with Gasteiger partial charge < -0.3 is 9.73 Å². The molecular weight excluding hydrogens is 415 g/mol. The SMILES string of the molecule is Cc1ccc(C(F)(F)F)cc1Nc1nc(C(=O)NS(=O)(=O)N(C)CC2C=N2)co1. The van der Waals surface area contributed by atoms with E-state index in [1.54, 1.807) is 13.1 Å². The van der Waals surface area contributed by atoms with E-state index in [0.717, 1.165) is 22.7 Å². The van der Waals surface area contributed by atoms with Crippen LogP contribution in [0.25, 0.3) is 0 Å². The van der Waals surface area contributed by atoms with Gasteiger partial charge in [0.05, 0.1) is 11.6 Å². The standard InChI is InChI=1S/C16H16F3N5O4S/c1-9-3-4-10(16(17,18)19)5-12(9)21-15-22-13(8-28-15)14(25)23-29(26,27)24(2)7-11-6-20-11/h3-6,8,11H,7H2,1-2H3,(H,21,22)(H,23,25). The lowest BCUT2D eigenvalue weighted by atomic mass is 10.1. The normalized spacial score (nSPS) is 16.1. The van der Waals surface area contributed by atoms with Gasteiger partial charge in [-0.15, -0.1) is 0 Å². The summed E-state index contributed by atoms with van der Waals surface area (Å²) in [6, 6.07) is 2.61. The van der Waals surface area contributed by atoms with Crippen molar-refractivity contribution in [2.24, 2.45) is 4.99 Å². The number of halogens is 3. The lowest BCUT2D eigenvalue weighted by molar-refractivity contribution is -0.137. The number of benzene rings is 1. The number of aliphatic imine (C=N–C) groups is 1. The number of aromatic nitrogens is 1. The molecule has 2 aromatic rings. The molecule has 0 saturated carbocycles. The van der Waals surface area contributed by atoms with Crippen molar-refractivity contribution in [3.8, 4) is 0 Å². The zero-order valence-electron chi connectivity index (χ0n) is 15.2. The van der Waals surface area contributed by atoms with Crippen LogP contribution in [-0.2, 0) is 16.4 Å². The average Bonchev–Trinajstić information content (AvgIpc) is 3.30. The Morgan fingerprint density at radius 3 is 2.66 bits per heavy atom. The highest BCUT2D eigenvalue weighted by atomic mass is 32.2.